The smallest absolute Gasteiger partial charge is 0.240 e. The topological polar surface area (TPSA) is 60.9 Å². The maximum atomic E-state index is 4.85. The van der Waals surface area contributed by atoms with Crippen LogP contribution in [0.4, 0.5) is 0 Å². The van der Waals surface area contributed by atoms with Crippen LogP contribution in [0.3, 0.4) is 0 Å². The van der Waals surface area contributed by atoms with Crippen molar-refractivity contribution in [3.05, 3.63) is 90.9 Å². The molecular formula is C21H16N6S. The standard InChI is InChI=1S/C21H16N6S/c1-3-8-16(9-4-1)19-17(14-27(24-19)18-10-5-2-6-11-18)15-28-21-23-20-22-12-7-13-26(20)25-21/h1-14H,15H2. The van der Waals surface area contributed by atoms with E-state index in [9.17, 15) is 0 Å². The maximum Gasteiger partial charge on any atom is 0.253 e. The molecule has 136 valence electrons. The monoisotopic (exact) mass is 384 g/mol. The first-order valence-electron chi connectivity index (χ1n) is 8.86. The summed E-state index contributed by atoms with van der Waals surface area (Å²) in [6.45, 7) is 0. The Morgan fingerprint density at radius 1 is 0.857 bits per heavy atom. The number of rotatable bonds is 5. The van der Waals surface area contributed by atoms with Crippen molar-refractivity contribution in [2.75, 3.05) is 0 Å². The average Bonchev–Trinajstić information content (AvgIpc) is 3.37. The van der Waals surface area contributed by atoms with Gasteiger partial charge in [0, 0.05) is 35.5 Å². The minimum absolute atomic E-state index is 0.605. The molecule has 0 aliphatic carbocycles. The summed E-state index contributed by atoms with van der Waals surface area (Å²) >= 11 is 1.58. The predicted molar refractivity (Wildman–Crippen MR) is 109 cm³/mol. The summed E-state index contributed by atoms with van der Waals surface area (Å²) < 4.78 is 3.62. The molecule has 0 aliphatic rings. The van der Waals surface area contributed by atoms with E-state index < -0.39 is 0 Å². The zero-order chi connectivity index (χ0) is 18.8. The van der Waals surface area contributed by atoms with Crippen molar-refractivity contribution in [2.45, 2.75) is 10.9 Å². The van der Waals surface area contributed by atoms with Crippen LogP contribution in [0, 0.1) is 0 Å². The number of thioether (sulfide) groups is 1. The van der Waals surface area contributed by atoms with Crippen molar-refractivity contribution in [1.82, 2.24) is 29.4 Å². The summed E-state index contributed by atoms with van der Waals surface area (Å²) in [5, 5.41) is 10.0. The van der Waals surface area contributed by atoms with Crippen LogP contribution in [-0.2, 0) is 5.75 Å². The van der Waals surface area contributed by atoms with Gasteiger partial charge in [-0.3, -0.25) is 0 Å². The number of benzene rings is 2. The van der Waals surface area contributed by atoms with Gasteiger partial charge in [-0.05, 0) is 18.2 Å². The highest BCUT2D eigenvalue weighted by molar-refractivity contribution is 7.98. The van der Waals surface area contributed by atoms with Crippen LogP contribution < -0.4 is 0 Å². The Kier molecular flexibility index (Phi) is 4.34. The molecule has 28 heavy (non-hydrogen) atoms. The Morgan fingerprint density at radius 2 is 1.64 bits per heavy atom. The molecule has 0 bridgehead atoms. The van der Waals surface area contributed by atoms with Gasteiger partial charge in [0.2, 0.25) is 5.16 Å². The van der Waals surface area contributed by atoms with E-state index in [0.717, 1.165) is 22.5 Å². The zero-order valence-electron chi connectivity index (χ0n) is 14.9. The Morgan fingerprint density at radius 3 is 2.43 bits per heavy atom. The molecule has 5 rings (SSSR count). The summed E-state index contributed by atoms with van der Waals surface area (Å²) in [5.74, 6) is 1.32. The van der Waals surface area contributed by atoms with Crippen LogP contribution in [0.5, 0.6) is 0 Å². The number of hydrogen-bond donors (Lipinski definition) is 0. The first-order chi connectivity index (χ1) is 13.9. The normalized spacial score (nSPS) is 11.1. The lowest BCUT2D eigenvalue weighted by Gasteiger charge is -2.01. The Bertz CT molecular complexity index is 1180. The number of aromatic nitrogens is 6. The van der Waals surface area contributed by atoms with Gasteiger partial charge in [0.25, 0.3) is 5.78 Å². The number of fused-ring (bicyclic) bond motifs is 1. The molecule has 3 aromatic heterocycles. The van der Waals surface area contributed by atoms with Gasteiger partial charge in [-0.15, -0.1) is 5.10 Å². The van der Waals surface area contributed by atoms with Crippen LogP contribution in [0.15, 0.2) is 90.5 Å². The molecule has 0 aliphatic heterocycles. The molecule has 0 radical (unpaired) electrons. The fourth-order valence-electron chi connectivity index (χ4n) is 2.98. The molecule has 0 saturated heterocycles. The van der Waals surface area contributed by atoms with E-state index >= 15 is 0 Å². The summed E-state index contributed by atoms with van der Waals surface area (Å²) in [6, 6.07) is 22.2. The second-order valence-corrected chi connectivity index (χ2v) is 7.14. The molecule has 0 N–H and O–H groups in total. The number of nitrogens with zero attached hydrogens (tertiary/aromatic N) is 6. The Labute approximate surface area is 165 Å². The molecule has 0 spiro atoms. The van der Waals surface area contributed by atoms with E-state index in [4.69, 9.17) is 5.10 Å². The summed E-state index contributed by atoms with van der Waals surface area (Å²) in [4.78, 5) is 8.70. The molecular weight excluding hydrogens is 368 g/mol. The third kappa shape index (κ3) is 3.27. The third-order valence-electron chi connectivity index (χ3n) is 4.31. The molecule has 0 unspecified atom stereocenters. The minimum atomic E-state index is 0.605. The highest BCUT2D eigenvalue weighted by Crippen LogP contribution is 2.29. The van der Waals surface area contributed by atoms with Crippen LogP contribution in [0.1, 0.15) is 5.56 Å². The van der Waals surface area contributed by atoms with Crippen molar-refractivity contribution in [2.24, 2.45) is 0 Å². The minimum Gasteiger partial charge on any atom is -0.240 e. The van der Waals surface area contributed by atoms with E-state index in [1.807, 2.05) is 65.5 Å². The van der Waals surface area contributed by atoms with Gasteiger partial charge in [-0.1, -0.05) is 60.3 Å². The summed E-state index contributed by atoms with van der Waals surface area (Å²) in [7, 11) is 0. The van der Waals surface area contributed by atoms with Gasteiger partial charge < -0.3 is 0 Å². The van der Waals surface area contributed by atoms with Gasteiger partial charge in [-0.25, -0.2) is 14.2 Å². The summed E-state index contributed by atoms with van der Waals surface area (Å²) in [6.07, 6.45) is 5.65. The van der Waals surface area contributed by atoms with E-state index in [-0.39, 0.29) is 0 Å². The highest BCUT2D eigenvalue weighted by Gasteiger charge is 2.14. The van der Waals surface area contributed by atoms with Crippen molar-refractivity contribution in [1.29, 1.82) is 0 Å². The molecule has 6 nitrogen and oxygen atoms in total. The largest absolute Gasteiger partial charge is 0.253 e. The van der Waals surface area contributed by atoms with Gasteiger partial charge in [0.05, 0.1) is 11.4 Å². The zero-order valence-corrected chi connectivity index (χ0v) is 15.7. The SMILES string of the molecule is c1ccc(-c2nn(-c3ccccc3)cc2CSc2nc3ncccn3n2)cc1. The molecule has 0 fully saturated rings. The first-order valence-corrected chi connectivity index (χ1v) is 9.85. The third-order valence-corrected chi connectivity index (χ3v) is 5.20. The van der Waals surface area contributed by atoms with E-state index in [1.165, 1.54) is 0 Å². The Hall–Kier alpha value is -3.45. The number of hydrogen-bond acceptors (Lipinski definition) is 5. The fourth-order valence-corrected chi connectivity index (χ4v) is 3.77. The second-order valence-electron chi connectivity index (χ2n) is 6.20. The van der Waals surface area contributed by atoms with E-state index in [1.54, 1.807) is 22.5 Å². The second kappa shape index (κ2) is 7.28. The van der Waals surface area contributed by atoms with Crippen LogP contribution in [0.2, 0.25) is 0 Å². The van der Waals surface area contributed by atoms with Gasteiger partial charge >= 0.3 is 0 Å². The van der Waals surface area contributed by atoms with Crippen molar-refractivity contribution in [3.63, 3.8) is 0 Å². The van der Waals surface area contributed by atoms with Gasteiger partial charge in [0.1, 0.15) is 0 Å². The Balaban J connectivity index is 1.49. The van der Waals surface area contributed by atoms with Crippen LogP contribution in [-0.4, -0.2) is 29.4 Å². The highest BCUT2D eigenvalue weighted by atomic mass is 32.2. The molecule has 5 aromatic rings. The molecule has 0 atom stereocenters. The molecule has 3 heterocycles. The molecule has 0 amide bonds. The summed E-state index contributed by atoms with van der Waals surface area (Å²) in [5.41, 5.74) is 4.23. The average molecular weight is 384 g/mol. The lowest BCUT2D eigenvalue weighted by molar-refractivity contribution is 0.879. The van der Waals surface area contributed by atoms with Crippen molar-refractivity contribution in [3.8, 4) is 16.9 Å². The molecule has 7 heteroatoms. The fraction of sp³-hybridized carbons (Fsp3) is 0.0476. The van der Waals surface area contributed by atoms with E-state index in [2.05, 4.69) is 33.4 Å². The quantitative estimate of drug-likeness (QED) is 0.424. The molecule has 2 aromatic carbocycles. The lowest BCUT2D eigenvalue weighted by atomic mass is 10.1. The lowest BCUT2D eigenvalue weighted by Crippen LogP contribution is -1.93. The van der Waals surface area contributed by atoms with Crippen molar-refractivity contribution < 1.29 is 0 Å². The first kappa shape index (κ1) is 16.7. The van der Waals surface area contributed by atoms with Crippen LogP contribution in [0.25, 0.3) is 22.7 Å². The van der Waals surface area contributed by atoms with Gasteiger partial charge in [0.15, 0.2) is 0 Å². The maximum absolute atomic E-state index is 4.85. The van der Waals surface area contributed by atoms with E-state index in [0.29, 0.717) is 16.7 Å². The predicted octanol–water partition coefficient (Wildman–Crippen LogP) is 4.27. The number of para-hydroxylation sites is 1. The van der Waals surface area contributed by atoms with Crippen molar-refractivity contribution >= 4 is 17.5 Å². The molecule has 0 saturated carbocycles. The van der Waals surface area contributed by atoms with Gasteiger partial charge in [-0.2, -0.15) is 10.1 Å². The van der Waals surface area contributed by atoms with Crippen LogP contribution >= 0.6 is 11.8 Å².